The number of nitrogens with one attached hydrogen (secondary N) is 3. The molecule has 0 saturated carbocycles. The molecule has 0 spiro atoms. The van der Waals surface area contributed by atoms with Gasteiger partial charge in [0.05, 0.1) is 23.7 Å². The van der Waals surface area contributed by atoms with Gasteiger partial charge in [0.15, 0.2) is 0 Å². The van der Waals surface area contributed by atoms with Gasteiger partial charge in [-0.05, 0) is 103 Å². The molecular formula is C53H59N5O7. The molecule has 5 N–H and O–H groups in total. The summed E-state index contributed by atoms with van der Waals surface area (Å²) in [5, 5.41) is 27.7. The van der Waals surface area contributed by atoms with Crippen LogP contribution < -0.4 is 21.1 Å². The number of H-pyrrole nitrogens is 1. The third-order valence-electron chi connectivity index (χ3n) is 12.3. The molecule has 0 bridgehead atoms. The molecule has 3 amide bonds. The fourth-order valence-corrected chi connectivity index (χ4v) is 8.49. The number of pyridine rings is 1. The molecule has 12 heteroatoms. The highest BCUT2D eigenvalue weighted by Crippen LogP contribution is 2.32. The molecule has 338 valence electrons. The van der Waals surface area contributed by atoms with E-state index in [1.807, 2.05) is 78.9 Å². The molecule has 2 heterocycles. The molecule has 1 saturated heterocycles. The van der Waals surface area contributed by atoms with Gasteiger partial charge in [-0.3, -0.25) is 19.7 Å². The van der Waals surface area contributed by atoms with Crippen molar-refractivity contribution in [2.24, 2.45) is 5.92 Å². The Morgan fingerprint density at radius 2 is 1.52 bits per heavy atom. The van der Waals surface area contributed by atoms with Gasteiger partial charge in [0.1, 0.15) is 11.9 Å². The largest absolute Gasteiger partial charge is 0.506 e. The molecule has 2 atom stereocenters. The summed E-state index contributed by atoms with van der Waals surface area (Å²) in [6.07, 6.45) is 3.55. The monoisotopic (exact) mass is 877 g/mol. The van der Waals surface area contributed by atoms with Crippen molar-refractivity contribution in [1.29, 1.82) is 0 Å². The van der Waals surface area contributed by atoms with Crippen LogP contribution in [0.25, 0.3) is 22.0 Å². The summed E-state index contributed by atoms with van der Waals surface area (Å²) in [6, 6.07) is 39.8. The van der Waals surface area contributed by atoms with E-state index in [0.717, 1.165) is 53.9 Å². The predicted octanol–water partition coefficient (Wildman–Crippen LogP) is 8.56. The average molecular weight is 878 g/mol. The molecule has 1 aliphatic rings. The lowest BCUT2D eigenvalue weighted by Gasteiger charge is -2.31. The number of likely N-dealkylation sites (tertiary alicyclic amines) is 1. The van der Waals surface area contributed by atoms with Crippen LogP contribution in [0.2, 0.25) is 0 Å². The van der Waals surface area contributed by atoms with Gasteiger partial charge in [0.25, 0.3) is 0 Å². The van der Waals surface area contributed by atoms with Gasteiger partial charge >= 0.3 is 6.09 Å². The minimum absolute atomic E-state index is 0.00437. The van der Waals surface area contributed by atoms with Gasteiger partial charge in [-0.15, -0.1) is 0 Å². The number of aromatic nitrogens is 1. The fraction of sp³-hybridized carbons (Fsp3) is 0.321. The van der Waals surface area contributed by atoms with Crippen LogP contribution in [0.3, 0.4) is 0 Å². The van der Waals surface area contributed by atoms with E-state index < -0.39 is 12.2 Å². The molecule has 0 radical (unpaired) electrons. The summed E-state index contributed by atoms with van der Waals surface area (Å²) in [5.74, 6) is 0.246. The first kappa shape index (κ1) is 46.2. The Labute approximate surface area is 380 Å². The summed E-state index contributed by atoms with van der Waals surface area (Å²) >= 11 is 0. The number of aliphatic hydroxyl groups is 1. The number of hydrogen-bond donors (Lipinski definition) is 5. The van der Waals surface area contributed by atoms with Crippen LogP contribution in [0, 0.1) is 5.92 Å². The van der Waals surface area contributed by atoms with E-state index in [1.54, 1.807) is 24.1 Å². The van der Waals surface area contributed by atoms with E-state index in [-0.39, 0.29) is 35.6 Å². The third-order valence-corrected chi connectivity index (χ3v) is 12.3. The Morgan fingerprint density at radius 1 is 0.831 bits per heavy atom. The molecule has 5 aromatic carbocycles. The number of aromatic hydroxyl groups is 1. The Hall–Kier alpha value is -6.76. The Bertz CT molecular complexity index is 2590. The van der Waals surface area contributed by atoms with Crippen LogP contribution in [0.4, 0.5) is 16.2 Å². The maximum atomic E-state index is 13.1. The lowest BCUT2D eigenvalue weighted by Crippen LogP contribution is -2.40. The predicted molar refractivity (Wildman–Crippen MR) is 256 cm³/mol. The zero-order chi connectivity index (χ0) is 45.7. The van der Waals surface area contributed by atoms with E-state index in [1.165, 1.54) is 17.7 Å². The highest BCUT2D eigenvalue weighted by molar-refractivity contribution is 5.93. The lowest BCUT2D eigenvalue weighted by atomic mass is 9.92. The second-order valence-corrected chi connectivity index (χ2v) is 17.1. The van der Waals surface area contributed by atoms with E-state index in [2.05, 4.69) is 51.7 Å². The van der Waals surface area contributed by atoms with Crippen molar-refractivity contribution < 1.29 is 29.3 Å². The zero-order valence-electron chi connectivity index (χ0n) is 37.2. The number of amides is 3. The van der Waals surface area contributed by atoms with E-state index in [4.69, 9.17) is 4.74 Å². The molecule has 6 aromatic rings. The summed E-state index contributed by atoms with van der Waals surface area (Å²) in [5.41, 5.74) is 7.33. The topological polar surface area (TPSA) is 164 Å². The molecule has 12 nitrogen and oxygen atoms in total. The Morgan fingerprint density at radius 3 is 2.28 bits per heavy atom. The van der Waals surface area contributed by atoms with Gasteiger partial charge in [-0.2, -0.15) is 0 Å². The standard InChI is InChI=1S/C53H59N5O7/c1-36(12-23-47(59)44-21-24-48(60)52-45(44)22-25-49(61)56-52)34-38-15-13-37(14-16-38)26-30-54-50(62)35-39-17-19-41(20-18-39)57(2)51(63)29-33-58-31-27-42(28-32-58)65-53(64)55-46-11-7-6-10-43(46)40-8-4-3-5-9-40/h3-11,13-22,24-25,36,42,47,59-60H,12,23,26-35H2,1-2H3,(H,54,62)(H,55,64)(H,56,61)/t36-,47-/m0/s1. The summed E-state index contributed by atoms with van der Waals surface area (Å²) < 4.78 is 5.78. The van der Waals surface area contributed by atoms with Gasteiger partial charge in [0, 0.05) is 62.4 Å². The molecule has 7 rings (SSSR count). The first-order chi connectivity index (χ1) is 31.5. The van der Waals surface area contributed by atoms with Crippen LogP contribution in [0.1, 0.15) is 67.4 Å². The number of para-hydroxylation sites is 1. The third kappa shape index (κ3) is 12.9. The average Bonchev–Trinajstić information content (AvgIpc) is 3.31. The second kappa shape index (κ2) is 22.2. The number of piperidine rings is 1. The number of anilines is 2. The molecule has 0 unspecified atom stereocenters. The number of phenolic OH excluding ortho intramolecular Hbond substituents is 1. The highest BCUT2D eigenvalue weighted by atomic mass is 16.6. The minimum atomic E-state index is -0.722. The van der Waals surface area contributed by atoms with Crippen LogP contribution in [0.5, 0.6) is 5.75 Å². The van der Waals surface area contributed by atoms with Crippen molar-refractivity contribution in [3.8, 4) is 16.9 Å². The van der Waals surface area contributed by atoms with Crippen molar-refractivity contribution in [2.75, 3.05) is 43.4 Å². The normalized spacial score (nSPS) is 14.1. The number of aromatic amines is 1. The van der Waals surface area contributed by atoms with Crippen LogP contribution in [0.15, 0.2) is 132 Å². The Kier molecular flexibility index (Phi) is 15.8. The maximum Gasteiger partial charge on any atom is 0.411 e. The SMILES string of the molecule is C[C@@H](CC[C@H](O)c1ccc(O)c2[nH]c(=O)ccc12)Cc1ccc(CCNC(=O)Cc2ccc(N(C)C(=O)CCN3CCC(OC(=O)Nc4ccccc4-c4ccccc4)CC3)cc2)cc1. The molecule has 65 heavy (non-hydrogen) atoms. The molecular weight excluding hydrogens is 819 g/mol. The molecule has 1 aromatic heterocycles. The number of ether oxygens (including phenoxy) is 1. The first-order valence-electron chi connectivity index (χ1n) is 22.6. The van der Waals surface area contributed by atoms with Gasteiger partial charge in [-0.25, -0.2) is 4.79 Å². The van der Waals surface area contributed by atoms with Crippen molar-refractivity contribution in [3.05, 3.63) is 160 Å². The number of phenols is 1. The maximum absolute atomic E-state index is 13.1. The fourth-order valence-electron chi connectivity index (χ4n) is 8.49. The minimum Gasteiger partial charge on any atom is -0.506 e. The number of carbonyl (C=O) groups excluding carboxylic acids is 3. The van der Waals surface area contributed by atoms with E-state index in [9.17, 15) is 29.4 Å². The second-order valence-electron chi connectivity index (χ2n) is 17.1. The van der Waals surface area contributed by atoms with Crippen LogP contribution in [-0.4, -0.2) is 77.3 Å². The number of aliphatic hydroxyl groups excluding tert-OH is 1. The Balaban J connectivity index is 0.761. The van der Waals surface area contributed by atoms with E-state index in [0.29, 0.717) is 73.3 Å². The van der Waals surface area contributed by atoms with Gasteiger partial charge in [0.2, 0.25) is 17.4 Å². The summed E-state index contributed by atoms with van der Waals surface area (Å²) in [4.78, 5) is 57.0. The van der Waals surface area contributed by atoms with Crippen molar-refractivity contribution in [1.82, 2.24) is 15.2 Å². The number of benzene rings is 5. The van der Waals surface area contributed by atoms with Gasteiger partial charge in [-0.1, -0.05) is 97.9 Å². The number of hydrogen-bond acceptors (Lipinski definition) is 8. The number of nitrogens with zero attached hydrogens (tertiary/aromatic N) is 2. The van der Waals surface area contributed by atoms with E-state index >= 15 is 0 Å². The quantitative estimate of drug-likeness (QED) is 0.0574. The van der Waals surface area contributed by atoms with Crippen LogP contribution >= 0.6 is 0 Å². The van der Waals surface area contributed by atoms with Crippen molar-refractivity contribution in [2.45, 2.75) is 70.5 Å². The number of carbonyl (C=O) groups is 3. The van der Waals surface area contributed by atoms with Crippen molar-refractivity contribution in [3.63, 3.8) is 0 Å². The molecule has 1 aliphatic heterocycles. The summed E-state index contributed by atoms with van der Waals surface area (Å²) in [7, 11) is 1.77. The van der Waals surface area contributed by atoms with Crippen LogP contribution in [-0.2, 0) is 33.6 Å². The van der Waals surface area contributed by atoms with Crippen molar-refractivity contribution >= 4 is 40.2 Å². The lowest BCUT2D eigenvalue weighted by molar-refractivity contribution is -0.120. The van der Waals surface area contributed by atoms with Gasteiger partial charge < -0.3 is 35.1 Å². The first-order valence-corrected chi connectivity index (χ1v) is 22.6. The zero-order valence-corrected chi connectivity index (χ0v) is 37.2. The smallest absolute Gasteiger partial charge is 0.411 e. The summed E-state index contributed by atoms with van der Waals surface area (Å²) in [6.45, 7) is 4.78. The number of rotatable bonds is 18. The highest BCUT2D eigenvalue weighted by Gasteiger charge is 2.24. The molecule has 0 aliphatic carbocycles. The number of fused-ring (bicyclic) bond motifs is 1. The molecule has 1 fully saturated rings.